The van der Waals surface area contributed by atoms with Crippen molar-refractivity contribution in [2.75, 3.05) is 26.2 Å². The molecule has 3 aromatic carbocycles. The second-order valence-corrected chi connectivity index (χ2v) is 8.10. The molecule has 31 heavy (non-hydrogen) atoms. The van der Waals surface area contributed by atoms with Gasteiger partial charge in [-0.25, -0.2) is 4.98 Å². The number of fused-ring (bicyclic) bond motifs is 1. The summed E-state index contributed by atoms with van der Waals surface area (Å²) in [5.74, 6) is 1.19. The molecule has 1 aliphatic rings. The van der Waals surface area contributed by atoms with Crippen LogP contribution >= 0.6 is 0 Å². The van der Waals surface area contributed by atoms with Crippen molar-refractivity contribution in [1.29, 1.82) is 0 Å². The van der Waals surface area contributed by atoms with Gasteiger partial charge in [0.1, 0.15) is 5.82 Å². The molecule has 5 nitrogen and oxygen atoms in total. The highest BCUT2D eigenvalue weighted by Crippen LogP contribution is 2.20. The van der Waals surface area contributed by atoms with Crippen LogP contribution in [0, 0.1) is 0 Å². The van der Waals surface area contributed by atoms with Crippen LogP contribution in [0.2, 0.25) is 0 Å². The van der Waals surface area contributed by atoms with Gasteiger partial charge in [0.2, 0.25) is 5.91 Å². The monoisotopic (exact) mass is 410 g/mol. The number of hydrogen-bond donors (Lipinski definition) is 1. The summed E-state index contributed by atoms with van der Waals surface area (Å²) in [5, 5.41) is 0. The molecule has 0 spiro atoms. The SMILES string of the molecule is O=C(Cc1ccc(-c2ccccc2)cc1)N1CCN(Cc2nc3ccccc3[nH]2)CC1. The van der Waals surface area contributed by atoms with E-state index in [1.165, 1.54) is 11.1 Å². The second-order valence-electron chi connectivity index (χ2n) is 8.10. The van der Waals surface area contributed by atoms with Crippen LogP contribution in [0.1, 0.15) is 11.4 Å². The van der Waals surface area contributed by atoms with Crippen LogP contribution in [0.15, 0.2) is 78.9 Å². The smallest absolute Gasteiger partial charge is 0.227 e. The average Bonchev–Trinajstić information content (AvgIpc) is 3.23. The number of benzene rings is 3. The molecule has 0 radical (unpaired) electrons. The summed E-state index contributed by atoms with van der Waals surface area (Å²) in [6, 6.07) is 26.7. The maximum atomic E-state index is 12.8. The van der Waals surface area contributed by atoms with E-state index in [4.69, 9.17) is 0 Å². The number of aromatic nitrogens is 2. The van der Waals surface area contributed by atoms with Crippen molar-refractivity contribution in [3.05, 3.63) is 90.3 Å². The van der Waals surface area contributed by atoms with E-state index < -0.39 is 0 Å². The minimum Gasteiger partial charge on any atom is -0.341 e. The molecule has 1 aromatic heterocycles. The molecule has 1 fully saturated rings. The Morgan fingerprint density at radius 1 is 0.806 bits per heavy atom. The highest BCUT2D eigenvalue weighted by atomic mass is 16.2. The molecule has 5 rings (SSSR count). The minimum absolute atomic E-state index is 0.204. The lowest BCUT2D eigenvalue weighted by molar-refractivity contribution is -0.132. The summed E-state index contributed by atoms with van der Waals surface area (Å²) in [7, 11) is 0. The molecule has 2 heterocycles. The van der Waals surface area contributed by atoms with Gasteiger partial charge in [0.25, 0.3) is 0 Å². The minimum atomic E-state index is 0.204. The first kappa shape index (κ1) is 19.5. The second kappa shape index (κ2) is 8.74. The summed E-state index contributed by atoms with van der Waals surface area (Å²) in [6.07, 6.45) is 0.457. The molecule has 156 valence electrons. The Morgan fingerprint density at radius 2 is 1.48 bits per heavy atom. The number of piperazine rings is 1. The van der Waals surface area contributed by atoms with E-state index in [1.54, 1.807) is 0 Å². The predicted molar refractivity (Wildman–Crippen MR) is 124 cm³/mol. The van der Waals surface area contributed by atoms with Crippen molar-refractivity contribution in [3.8, 4) is 11.1 Å². The van der Waals surface area contributed by atoms with Crippen LogP contribution in [0.4, 0.5) is 0 Å². The quantitative estimate of drug-likeness (QED) is 0.539. The Morgan fingerprint density at radius 3 is 2.23 bits per heavy atom. The summed E-state index contributed by atoms with van der Waals surface area (Å²) in [4.78, 5) is 25.2. The largest absolute Gasteiger partial charge is 0.341 e. The van der Waals surface area contributed by atoms with Gasteiger partial charge in [0, 0.05) is 26.2 Å². The number of amides is 1. The number of aromatic amines is 1. The predicted octanol–water partition coefficient (Wildman–Crippen LogP) is 4.12. The van der Waals surface area contributed by atoms with Crippen LogP contribution in [0.25, 0.3) is 22.2 Å². The van der Waals surface area contributed by atoms with Crippen molar-refractivity contribution in [1.82, 2.24) is 19.8 Å². The van der Waals surface area contributed by atoms with Gasteiger partial charge in [-0.15, -0.1) is 0 Å². The Labute approximate surface area is 182 Å². The van der Waals surface area contributed by atoms with E-state index in [1.807, 2.05) is 41.3 Å². The third-order valence-electron chi connectivity index (χ3n) is 5.95. The number of carbonyl (C=O) groups is 1. The molecule has 0 atom stereocenters. The molecule has 0 unspecified atom stereocenters. The zero-order valence-electron chi connectivity index (χ0n) is 17.5. The van der Waals surface area contributed by atoms with E-state index >= 15 is 0 Å². The number of nitrogens with one attached hydrogen (secondary N) is 1. The van der Waals surface area contributed by atoms with Crippen LogP contribution in [-0.4, -0.2) is 51.9 Å². The Hall–Kier alpha value is -3.44. The molecular weight excluding hydrogens is 384 g/mol. The normalized spacial score (nSPS) is 14.8. The fourth-order valence-corrected chi connectivity index (χ4v) is 4.18. The third-order valence-corrected chi connectivity index (χ3v) is 5.95. The first-order chi connectivity index (χ1) is 15.2. The van der Waals surface area contributed by atoms with Crippen LogP contribution < -0.4 is 0 Å². The summed E-state index contributed by atoms with van der Waals surface area (Å²) >= 11 is 0. The van der Waals surface area contributed by atoms with Crippen LogP contribution in [-0.2, 0) is 17.8 Å². The number of hydrogen-bond acceptors (Lipinski definition) is 3. The zero-order valence-corrected chi connectivity index (χ0v) is 17.5. The molecular formula is C26H26N4O. The number of para-hydroxylation sites is 2. The van der Waals surface area contributed by atoms with Gasteiger partial charge in [0.05, 0.1) is 24.0 Å². The summed E-state index contributed by atoms with van der Waals surface area (Å²) < 4.78 is 0. The number of nitrogens with zero attached hydrogens (tertiary/aromatic N) is 3. The fourth-order valence-electron chi connectivity index (χ4n) is 4.18. The maximum absolute atomic E-state index is 12.8. The number of H-pyrrole nitrogens is 1. The van der Waals surface area contributed by atoms with Crippen molar-refractivity contribution < 1.29 is 4.79 Å². The van der Waals surface area contributed by atoms with Crippen molar-refractivity contribution >= 4 is 16.9 Å². The first-order valence-electron chi connectivity index (χ1n) is 10.8. The van der Waals surface area contributed by atoms with E-state index in [9.17, 15) is 4.79 Å². The van der Waals surface area contributed by atoms with Crippen LogP contribution in [0.3, 0.4) is 0 Å². The summed E-state index contributed by atoms with van der Waals surface area (Å²) in [5.41, 5.74) is 5.51. The third kappa shape index (κ3) is 4.52. The molecule has 4 aromatic rings. The number of imidazole rings is 1. The fraction of sp³-hybridized carbons (Fsp3) is 0.231. The molecule has 1 aliphatic heterocycles. The Balaban J connectivity index is 1.14. The van der Waals surface area contributed by atoms with Gasteiger partial charge in [-0.1, -0.05) is 66.7 Å². The van der Waals surface area contributed by atoms with E-state index in [2.05, 4.69) is 57.3 Å². The zero-order chi connectivity index (χ0) is 21.0. The first-order valence-corrected chi connectivity index (χ1v) is 10.8. The van der Waals surface area contributed by atoms with Crippen molar-refractivity contribution in [3.63, 3.8) is 0 Å². The lowest BCUT2D eigenvalue weighted by Gasteiger charge is -2.34. The molecule has 1 saturated heterocycles. The van der Waals surface area contributed by atoms with Gasteiger partial charge >= 0.3 is 0 Å². The maximum Gasteiger partial charge on any atom is 0.227 e. The van der Waals surface area contributed by atoms with Gasteiger partial charge in [-0.2, -0.15) is 0 Å². The lowest BCUT2D eigenvalue weighted by Crippen LogP contribution is -2.48. The molecule has 0 bridgehead atoms. The number of carbonyl (C=O) groups excluding carboxylic acids is 1. The average molecular weight is 411 g/mol. The van der Waals surface area contributed by atoms with E-state index in [-0.39, 0.29) is 5.91 Å². The topological polar surface area (TPSA) is 52.2 Å². The molecule has 0 saturated carbocycles. The van der Waals surface area contributed by atoms with Crippen LogP contribution in [0.5, 0.6) is 0 Å². The highest BCUT2D eigenvalue weighted by molar-refractivity contribution is 5.79. The highest BCUT2D eigenvalue weighted by Gasteiger charge is 2.22. The van der Waals surface area contributed by atoms with Crippen molar-refractivity contribution in [2.24, 2.45) is 0 Å². The standard InChI is InChI=1S/C26H26N4O/c31-26(18-20-10-12-22(13-11-20)21-6-2-1-3-7-21)30-16-14-29(15-17-30)19-25-27-23-8-4-5-9-24(23)28-25/h1-13H,14-19H2,(H,27,28). The van der Waals surface area contributed by atoms with E-state index in [0.29, 0.717) is 6.42 Å². The van der Waals surface area contributed by atoms with Gasteiger partial charge in [-0.3, -0.25) is 9.69 Å². The number of rotatable bonds is 5. The van der Waals surface area contributed by atoms with Crippen molar-refractivity contribution in [2.45, 2.75) is 13.0 Å². The van der Waals surface area contributed by atoms with E-state index in [0.717, 1.165) is 55.1 Å². The summed E-state index contributed by atoms with van der Waals surface area (Å²) in [6.45, 7) is 4.06. The molecule has 5 heteroatoms. The Kier molecular flexibility index (Phi) is 5.50. The van der Waals surface area contributed by atoms with Gasteiger partial charge in [-0.05, 0) is 28.8 Å². The molecule has 1 N–H and O–H groups in total. The molecule has 1 amide bonds. The molecule has 0 aliphatic carbocycles. The lowest BCUT2D eigenvalue weighted by atomic mass is 10.0. The van der Waals surface area contributed by atoms with Gasteiger partial charge in [0.15, 0.2) is 0 Å². The Bertz CT molecular complexity index is 1130. The van der Waals surface area contributed by atoms with Gasteiger partial charge < -0.3 is 9.88 Å².